The molecule has 0 saturated heterocycles. The van der Waals surface area contributed by atoms with Crippen LogP contribution in [0.3, 0.4) is 0 Å². The minimum atomic E-state index is -0.474. The first-order valence-electron chi connectivity index (χ1n) is 3.83. The molecule has 0 saturated carbocycles. The summed E-state index contributed by atoms with van der Waals surface area (Å²) >= 11 is 0. The first-order chi connectivity index (χ1) is 6.27. The Morgan fingerprint density at radius 2 is 2.69 bits per heavy atom. The standard InChI is InChI=1S/C7H9N5O/c1-2-5(3-8)11-7(13)6-9-4-10-12-6/h4-5H,2H2,1H3,(H,11,13)(H,9,10,12). The van der Waals surface area contributed by atoms with Gasteiger partial charge in [-0.25, -0.2) is 4.98 Å². The average molecular weight is 179 g/mol. The molecule has 1 atom stereocenters. The summed E-state index contributed by atoms with van der Waals surface area (Å²) in [6.07, 6.45) is 1.80. The van der Waals surface area contributed by atoms with Gasteiger partial charge in [-0.3, -0.25) is 9.89 Å². The van der Waals surface area contributed by atoms with Gasteiger partial charge in [-0.05, 0) is 6.42 Å². The molecule has 0 aliphatic heterocycles. The number of carbonyl (C=O) groups is 1. The number of nitrogens with zero attached hydrogens (tertiary/aromatic N) is 3. The smallest absolute Gasteiger partial charge is 0.289 e. The molecule has 1 rings (SSSR count). The van der Waals surface area contributed by atoms with Gasteiger partial charge in [0.05, 0.1) is 6.07 Å². The quantitative estimate of drug-likeness (QED) is 0.673. The Balaban J connectivity index is 2.57. The maximum absolute atomic E-state index is 11.2. The lowest BCUT2D eigenvalue weighted by molar-refractivity contribution is 0.0934. The van der Waals surface area contributed by atoms with Gasteiger partial charge in [0.25, 0.3) is 5.91 Å². The lowest BCUT2D eigenvalue weighted by Crippen LogP contribution is -2.33. The third-order valence-corrected chi connectivity index (χ3v) is 1.50. The second-order valence-electron chi connectivity index (χ2n) is 2.40. The molecule has 1 unspecified atom stereocenters. The van der Waals surface area contributed by atoms with E-state index in [-0.39, 0.29) is 5.82 Å². The van der Waals surface area contributed by atoms with Gasteiger partial charge in [-0.1, -0.05) is 6.92 Å². The van der Waals surface area contributed by atoms with Crippen molar-refractivity contribution in [3.63, 3.8) is 0 Å². The van der Waals surface area contributed by atoms with Crippen molar-refractivity contribution in [1.29, 1.82) is 5.26 Å². The van der Waals surface area contributed by atoms with Crippen LogP contribution >= 0.6 is 0 Å². The van der Waals surface area contributed by atoms with Crippen molar-refractivity contribution in [2.45, 2.75) is 19.4 Å². The van der Waals surface area contributed by atoms with Gasteiger partial charge < -0.3 is 5.32 Å². The Morgan fingerprint density at radius 3 is 3.15 bits per heavy atom. The molecule has 0 radical (unpaired) electrons. The van der Waals surface area contributed by atoms with E-state index in [0.717, 1.165) is 0 Å². The molecule has 68 valence electrons. The fourth-order valence-corrected chi connectivity index (χ4v) is 0.767. The van der Waals surface area contributed by atoms with Gasteiger partial charge in [0.15, 0.2) is 0 Å². The number of carbonyl (C=O) groups excluding carboxylic acids is 1. The SMILES string of the molecule is CCC(C#N)NC(=O)c1ncn[nH]1. The van der Waals surface area contributed by atoms with Crippen LogP contribution in [0.15, 0.2) is 6.33 Å². The molecule has 1 amide bonds. The lowest BCUT2D eigenvalue weighted by atomic mass is 10.2. The van der Waals surface area contributed by atoms with Crippen LogP contribution in [0, 0.1) is 11.3 Å². The summed E-state index contributed by atoms with van der Waals surface area (Å²) in [4.78, 5) is 14.9. The predicted molar refractivity (Wildman–Crippen MR) is 43.5 cm³/mol. The molecule has 0 aliphatic rings. The molecule has 2 N–H and O–H groups in total. The van der Waals surface area contributed by atoms with E-state index in [1.54, 1.807) is 0 Å². The van der Waals surface area contributed by atoms with Crippen LogP contribution in [-0.4, -0.2) is 27.1 Å². The summed E-state index contributed by atoms with van der Waals surface area (Å²) in [5, 5.41) is 17.0. The van der Waals surface area contributed by atoms with Crippen molar-refractivity contribution in [2.24, 2.45) is 0 Å². The molecule has 0 bridgehead atoms. The lowest BCUT2D eigenvalue weighted by Gasteiger charge is -2.05. The Morgan fingerprint density at radius 1 is 1.92 bits per heavy atom. The van der Waals surface area contributed by atoms with Crippen molar-refractivity contribution in [3.8, 4) is 6.07 Å². The van der Waals surface area contributed by atoms with Crippen LogP contribution in [0.2, 0.25) is 0 Å². The highest BCUT2D eigenvalue weighted by atomic mass is 16.2. The highest BCUT2D eigenvalue weighted by Gasteiger charge is 2.12. The maximum atomic E-state index is 11.2. The molecule has 6 nitrogen and oxygen atoms in total. The van der Waals surface area contributed by atoms with E-state index < -0.39 is 11.9 Å². The van der Waals surface area contributed by atoms with Crippen molar-refractivity contribution < 1.29 is 4.79 Å². The largest absolute Gasteiger partial charge is 0.334 e. The number of aromatic nitrogens is 3. The molecule has 1 aromatic heterocycles. The van der Waals surface area contributed by atoms with Crippen LogP contribution in [0.25, 0.3) is 0 Å². The third-order valence-electron chi connectivity index (χ3n) is 1.50. The van der Waals surface area contributed by atoms with Crippen LogP contribution in [-0.2, 0) is 0 Å². The monoisotopic (exact) mass is 179 g/mol. The van der Waals surface area contributed by atoms with E-state index in [1.165, 1.54) is 6.33 Å². The van der Waals surface area contributed by atoms with E-state index in [0.29, 0.717) is 6.42 Å². The minimum Gasteiger partial charge on any atom is -0.334 e. The highest BCUT2D eigenvalue weighted by molar-refractivity contribution is 5.90. The molecule has 6 heteroatoms. The normalized spacial score (nSPS) is 11.7. The highest BCUT2D eigenvalue weighted by Crippen LogP contribution is 1.91. The molecule has 0 aliphatic carbocycles. The average Bonchev–Trinajstić information content (AvgIpc) is 2.66. The number of nitrogens with one attached hydrogen (secondary N) is 2. The van der Waals surface area contributed by atoms with Crippen molar-refractivity contribution >= 4 is 5.91 Å². The maximum Gasteiger partial charge on any atom is 0.289 e. The molecule has 0 aromatic carbocycles. The first-order valence-corrected chi connectivity index (χ1v) is 3.83. The number of aromatic amines is 1. The fourth-order valence-electron chi connectivity index (χ4n) is 0.767. The topological polar surface area (TPSA) is 94.5 Å². The fraction of sp³-hybridized carbons (Fsp3) is 0.429. The molecule has 0 fully saturated rings. The molecular formula is C7H9N5O. The molecular weight excluding hydrogens is 170 g/mol. The van der Waals surface area contributed by atoms with Crippen LogP contribution in [0.1, 0.15) is 24.0 Å². The predicted octanol–water partition coefficient (Wildman–Crippen LogP) is -0.163. The van der Waals surface area contributed by atoms with Gasteiger partial charge in [0.2, 0.25) is 5.82 Å². The van der Waals surface area contributed by atoms with E-state index in [9.17, 15) is 4.79 Å². The van der Waals surface area contributed by atoms with Gasteiger partial charge in [0, 0.05) is 0 Å². The number of hydrogen-bond acceptors (Lipinski definition) is 4. The zero-order valence-corrected chi connectivity index (χ0v) is 7.11. The summed E-state index contributed by atoms with van der Waals surface area (Å²) in [5.41, 5.74) is 0. The van der Waals surface area contributed by atoms with Crippen molar-refractivity contribution in [3.05, 3.63) is 12.2 Å². The van der Waals surface area contributed by atoms with Crippen LogP contribution in [0.4, 0.5) is 0 Å². The zero-order chi connectivity index (χ0) is 9.68. The van der Waals surface area contributed by atoms with E-state index in [4.69, 9.17) is 5.26 Å². The summed E-state index contributed by atoms with van der Waals surface area (Å²) in [6.45, 7) is 1.81. The molecule has 1 heterocycles. The van der Waals surface area contributed by atoms with Gasteiger partial charge in [-0.2, -0.15) is 10.4 Å². The summed E-state index contributed by atoms with van der Waals surface area (Å²) in [5.74, 6) is -0.292. The Labute approximate surface area is 75.0 Å². The van der Waals surface area contributed by atoms with Gasteiger partial charge >= 0.3 is 0 Å². The van der Waals surface area contributed by atoms with Crippen molar-refractivity contribution in [2.75, 3.05) is 0 Å². The number of H-pyrrole nitrogens is 1. The number of rotatable bonds is 3. The van der Waals surface area contributed by atoms with Gasteiger partial charge in [-0.15, -0.1) is 0 Å². The summed E-state index contributed by atoms with van der Waals surface area (Å²) < 4.78 is 0. The van der Waals surface area contributed by atoms with Crippen LogP contribution in [0.5, 0.6) is 0 Å². The third kappa shape index (κ3) is 2.27. The van der Waals surface area contributed by atoms with Crippen LogP contribution < -0.4 is 5.32 Å². The Bertz CT molecular complexity index is 312. The van der Waals surface area contributed by atoms with E-state index in [1.807, 2.05) is 13.0 Å². The number of nitriles is 1. The summed E-state index contributed by atoms with van der Waals surface area (Å²) in [7, 11) is 0. The number of amides is 1. The Kier molecular flexibility index (Phi) is 2.97. The minimum absolute atomic E-state index is 0.119. The summed E-state index contributed by atoms with van der Waals surface area (Å²) in [6, 6.07) is 1.48. The molecule has 0 spiro atoms. The number of hydrogen-bond donors (Lipinski definition) is 2. The molecule has 1 aromatic rings. The second-order valence-corrected chi connectivity index (χ2v) is 2.40. The van der Waals surface area contributed by atoms with Crippen molar-refractivity contribution in [1.82, 2.24) is 20.5 Å². The van der Waals surface area contributed by atoms with E-state index in [2.05, 4.69) is 20.5 Å². The first kappa shape index (κ1) is 9.19. The molecule has 13 heavy (non-hydrogen) atoms. The van der Waals surface area contributed by atoms with E-state index >= 15 is 0 Å². The van der Waals surface area contributed by atoms with Gasteiger partial charge in [0.1, 0.15) is 12.4 Å². The Hall–Kier alpha value is -1.90. The zero-order valence-electron chi connectivity index (χ0n) is 7.11. The second kappa shape index (κ2) is 4.21.